The fraction of sp³-hybridized carbons (Fsp3) is 0. The van der Waals surface area contributed by atoms with Crippen LogP contribution in [0.1, 0.15) is 0 Å². The molecule has 1 heterocycles. The van der Waals surface area contributed by atoms with E-state index in [1.54, 1.807) is 0 Å². The molecule has 0 bridgehead atoms. The summed E-state index contributed by atoms with van der Waals surface area (Å²) < 4.78 is 0. The molecule has 0 saturated heterocycles. The van der Waals surface area contributed by atoms with Crippen molar-refractivity contribution in [2.45, 2.75) is 0 Å². The molecule has 160 valence electrons. The molecular formula is C33H23N. The molecule has 1 aromatic heterocycles. The zero-order valence-corrected chi connectivity index (χ0v) is 18.7. The van der Waals surface area contributed by atoms with E-state index in [4.69, 9.17) is 4.98 Å². The number of fused-ring (bicyclic) bond motifs is 1. The lowest BCUT2D eigenvalue weighted by atomic mass is 9.80. The smallest absolute Gasteiger partial charge is 0.0793 e. The molecule has 0 radical (unpaired) electrons. The molecule has 6 rings (SSSR count). The van der Waals surface area contributed by atoms with Gasteiger partial charge in [-0.1, -0.05) is 127 Å². The van der Waals surface area contributed by atoms with E-state index >= 15 is 0 Å². The molecule has 0 fully saturated rings. The normalized spacial score (nSPS) is 10.9. The first-order valence-corrected chi connectivity index (χ1v) is 11.6. The van der Waals surface area contributed by atoms with Gasteiger partial charge in [0, 0.05) is 22.7 Å². The number of pyridine rings is 1. The molecule has 0 atom stereocenters. The molecule has 0 aliphatic rings. The maximum atomic E-state index is 4.96. The van der Waals surface area contributed by atoms with Crippen LogP contribution in [0, 0.1) is 0 Å². The Balaban J connectivity index is 1.90. The van der Waals surface area contributed by atoms with Crippen LogP contribution in [-0.2, 0) is 0 Å². The third kappa shape index (κ3) is 3.48. The van der Waals surface area contributed by atoms with E-state index in [1.165, 1.54) is 44.5 Å². The summed E-state index contributed by atoms with van der Waals surface area (Å²) in [5.74, 6) is 0. The van der Waals surface area contributed by atoms with Crippen LogP contribution in [-0.4, -0.2) is 4.98 Å². The lowest BCUT2D eigenvalue weighted by Crippen LogP contribution is -1.98. The second-order valence-corrected chi connectivity index (χ2v) is 8.36. The summed E-state index contributed by atoms with van der Waals surface area (Å²) in [6.45, 7) is 0. The zero-order chi connectivity index (χ0) is 22.7. The van der Waals surface area contributed by atoms with Gasteiger partial charge in [0.05, 0.1) is 5.52 Å². The molecule has 1 nitrogen and oxygen atoms in total. The Kier molecular flexibility index (Phi) is 5.21. The summed E-state index contributed by atoms with van der Waals surface area (Å²) in [5.41, 5.74) is 10.6. The van der Waals surface area contributed by atoms with E-state index in [0.717, 1.165) is 10.9 Å². The summed E-state index contributed by atoms with van der Waals surface area (Å²) in [6.07, 6.45) is 1.90. The highest BCUT2D eigenvalue weighted by Crippen LogP contribution is 2.49. The van der Waals surface area contributed by atoms with Crippen molar-refractivity contribution in [2.24, 2.45) is 0 Å². The Morgan fingerprint density at radius 3 is 1.18 bits per heavy atom. The van der Waals surface area contributed by atoms with Crippen LogP contribution in [0.15, 0.2) is 140 Å². The van der Waals surface area contributed by atoms with Crippen molar-refractivity contribution < 1.29 is 0 Å². The number of aromatic nitrogens is 1. The van der Waals surface area contributed by atoms with E-state index in [9.17, 15) is 0 Å². The Labute approximate surface area is 200 Å². The molecule has 0 saturated carbocycles. The number of benzene rings is 5. The summed E-state index contributed by atoms with van der Waals surface area (Å²) >= 11 is 0. The van der Waals surface area contributed by atoms with Gasteiger partial charge < -0.3 is 0 Å². The van der Waals surface area contributed by atoms with Crippen LogP contribution >= 0.6 is 0 Å². The fourth-order valence-corrected chi connectivity index (χ4v) is 4.89. The van der Waals surface area contributed by atoms with Crippen LogP contribution in [0.4, 0.5) is 0 Å². The van der Waals surface area contributed by atoms with Crippen LogP contribution in [0.25, 0.3) is 55.4 Å². The first-order chi connectivity index (χ1) is 16.9. The maximum absolute atomic E-state index is 4.96. The van der Waals surface area contributed by atoms with E-state index in [0.29, 0.717) is 0 Å². The average molecular weight is 434 g/mol. The van der Waals surface area contributed by atoms with Crippen LogP contribution < -0.4 is 0 Å². The van der Waals surface area contributed by atoms with Gasteiger partial charge in [-0.2, -0.15) is 0 Å². The topological polar surface area (TPSA) is 12.9 Å². The van der Waals surface area contributed by atoms with Crippen molar-refractivity contribution in [3.05, 3.63) is 140 Å². The summed E-state index contributed by atoms with van der Waals surface area (Å²) in [7, 11) is 0. The van der Waals surface area contributed by atoms with E-state index in [-0.39, 0.29) is 0 Å². The number of rotatable bonds is 4. The van der Waals surface area contributed by atoms with Gasteiger partial charge in [-0.25, -0.2) is 0 Å². The highest BCUT2D eigenvalue weighted by molar-refractivity contribution is 6.16. The minimum atomic E-state index is 1.02. The molecular weight excluding hydrogens is 410 g/mol. The van der Waals surface area contributed by atoms with Crippen LogP contribution in [0.2, 0.25) is 0 Å². The standard InChI is InChI=1S/C33H23N/c1-5-14-24(15-6-1)29-28-22-13-23-34-33(28)32(27-20-11-4-12-21-27)31(26-18-9-3-10-19-26)30(29)25-16-7-2-8-17-25/h1-23H. The molecule has 0 spiro atoms. The van der Waals surface area contributed by atoms with Gasteiger partial charge in [0.15, 0.2) is 0 Å². The van der Waals surface area contributed by atoms with Crippen LogP contribution in [0.5, 0.6) is 0 Å². The van der Waals surface area contributed by atoms with Crippen molar-refractivity contribution in [1.82, 2.24) is 4.98 Å². The number of hydrogen-bond donors (Lipinski definition) is 0. The Morgan fingerprint density at radius 1 is 0.324 bits per heavy atom. The quantitative estimate of drug-likeness (QED) is 0.270. The second-order valence-electron chi connectivity index (χ2n) is 8.36. The van der Waals surface area contributed by atoms with Crippen molar-refractivity contribution in [1.29, 1.82) is 0 Å². The second kappa shape index (κ2) is 8.80. The first-order valence-electron chi connectivity index (χ1n) is 11.6. The molecule has 0 amide bonds. The third-order valence-corrected chi connectivity index (χ3v) is 6.31. The molecule has 6 aromatic rings. The predicted molar refractivity (Wildman–Crippen MR) is 143 cm³/mol. The van der Waals surface area contributed by atoms with Gasteiger partial charge >= 0.3 is 0 Å². The molecule has 5 aromatic carbocycles. The lowest BCUT2D eigenvalue weighted by molar-refractivity contribution is 1.41. The SMILES string of the molecule is c1ccc(-c2c(-c3ccccc3)c(-c3ccccc3)c3ncccc3c2-c2ccccc2)cc1. The third-order valence-electron chi connectivity index (χ3n) is 6.31. The Bertz CT molecular complexity index is 1430. The summed E-state index contributed by atoms with van der Waals surface area (Å²) in [4.78, 5) is 4.96. The van der Waals surface area contributed by atoms with E-state index < -0.39 is 0 Å². The maximum Gasteiger partial charge on any atom is 0.0793 e. The number of hydrogen-bond acceptors (Lipinski definition) is 1. The summed E-state index contributed by atoms with van der Waals surface area (Å²) in [5, 5.41) is 1.16. The van der Waals surface area contributed by atoms with Crippen molar-refractivity contribution in [2.75, 3.05) is 0 Å². The Hall–Kier alpha value is -4.49. The zero-order valence-electron chi connectivity index (χ0n) is 18.7. The first kappa shape index (κ1) is 20.1. The predicted octanol–water partition coefficient (Wildman–Crippen LogP) is 8.90. The molecule has 34 heavy (non-hydrogen) atoms. The van der Waals surface area contributed by atoms with Crippen molar-refractivity contribution in [3.8, 4) is 44.5 Å². The largest absolute Gasteiger partial charge is 0.256 e. The lowest BCUT2D eigenvalue weighted by Gasteiger charge is -2.23. The highest BCUT2D eigenvalue weighted by Gasteiger charge is 2.24. The van der Waals surface area contributed by atoms with E-state index in [1.807, 2.05) is 12.3 Å². The molecule has 1 heteroatoms. The van der Waals surface area contributed by atoms with Gasteiger partial charge in [-0.15, -0.1) is 0 Å². The molecule has 0 aliphatic heterocycles. The van der Waals surface area contributed by atoms with Gasteiger partial charge in [0.1, 0.15) is 0 Å². The minimum Gasteiger partial charge on any atom is -0.256 e. The van der Waals surface area contributed by atoms with Crippen molar-refractivity contribution in [3.63, 3.8) is 0 Å². The molecule has 0 aliphatic carbocycles. The average Bonchev–Trinajstić information content (AvgIpc) is 2.93. The van der Waals surface area contributed by atoms with Crippen molar-refractivity contribution >= 4 is 10.9 Å². The minimum absolute atomic E-state index is 1.02. The molecule has 0 unspecified atom stereocenters. The van der Waals surface area contributed by atoms with Crippen LogP contribution in [0.3, 0.4) is 0 Å². The van der Waals surface area contributed by atoms with Gasteiger partial charge in [0.2, 0.25) is 0 Å². The highest BCUT2D eigenvalue weighted by atomic mass is 14.7. The number of nitrogens with zero attached hydrogens (tertiary/aromatic N) is 1. The Morgan fingerprint density at radius 2 is 0.706 bits per heavy atom. The molecule has 0 N–H and O–H groups in total. The summed E-state index contributed by atoms with van der Waals surface area (Å²) in [6, 6.07) is 47.1. The fourth-order valence-electron chi connectivity index (χ4n) is 4.89. The van der Waals surface area contributed by atoms with Gasteiger partial charge in [-0.3, -0.25) is 4.98 Å². The van der Waals surface area contributed by atoms with E-state index in [2.05, 4.69) is 127 Å². The monoisotopic (exact) mass is 433 g/mol. The van der Waals surface area contributed by atoms with Gasteiger partial charge in [-0.05, 0) is 39.4 Å². The van der Waals surface area contributed by atoms with Gasteiger partial charge in [0.25, 0.3) is 0 Å².